The van der Waals surface area contributed by atoms with Gasteiger partial charge in [0.15, 0.2) is 0 Å². The summed E-state index contributed by atoms with van der Waals surface area (Å²) in [4.78, 5) is 11.9. The second kappa shape index (κ2) is 7.82. The first-order valence-electron chi connectivity index (χ1n) is 7.70. The van der Waals surface area contributed by atoms with Gasteiger partial charge >= 0.3 is 0 Å². The molecule has 0 saturated heterocycles. The summed E-state index contributed by atoms with van der Waals surface area (Å²) in [6.45, 7) is 4.82. The summed E-state index contributed by atoms with van der Waals surface area (Å²) in [6.07, 6.45) is 3.61. The van der Waals surface area contributed by atoms with Crippen LogP contribution < -0.4 is 5.32 Å². The molecule has 7 heteroatoms. The zero-order chi connectivity index (χ0) is 16.7. The number of hydrogen-bond donors (Lipinski definition) is 2. The molecule has 2 N–H and O–H groups in total. The number of hydrogen-bond acceptors (Lipinski definition) is 5. The molecule has 0 unspecified atom stereocenters. The van der Waals surface area contributed by atoms with E-state index >= 15 is 0 Å². The Kier molecular flexibility index (Phi) is 5.81. The molecule has 0 atom stereocenters. The first-order valence-corrected chi connectivity index (χ1v) is 7.70. The van der Waals surface area contributed by atoms with E-state index in [-0.39, 0.29) is 17.9 Å². The van der Waals surface area contributed by atoms with E-state index in [4.69, 9.17) is 0 Å². The van der Waals surface area contributed by atoms with Gasteiger partial charge in [-0.2, -0.15) is 0 Å². The highest BCUT2D eigenvalue weighted by molar-refractivity contribution is 5.78. The predicted octanol–water partition coefficient (Wildman–Crippen LogP) is 1.12. The van der Waals surface area contributed by atoms with E-state index in [1.807, 2.05) is 38.1 Å². The minimum absolute atomic E-state index is 0.00183. The van der Waals surface area contributed by atoms with Gasteiger partial charge < -0.3 is 10.4 Å². The standard InChI is InChI=1S/C16H23N5O2/c1-16(2,11-22)8-3-9-17-15(23)10-13-4-6-14(7-5-13)21-12-18-19-20-21/h4-7,12,22H,3,8-11H2,1-2H3,(H,17,23). The third kappa shape index (κ3) is 5.45. The van der Waals surface area contributed by atoms with E-state index in [0.29, 0.717) is 13.0 Å². The number of aliphatic hydroxyl groups is 1. The van der Waals surface area contributed by atoms with E-state index in [0.717, 1.165) is 24.1 Å². The lowest BCUT2D eigenvalue weighted by Crippen LogP contribution is -2.27. The van der Waals surface area contributed by atoms with Crippen molar-refractivity contribution in [3.63, 3.8) is 0 Å². The van der Waals surface area contributed by atoms with E-state index in [2.05, 4.69) is 20.8 Å². The summed E-state index contributed by atoms with van der Waals surface area (Å²) in [5, 5.41) is 23.1. The Morgan fingerprint density at radius 1 is 1.30 bits per heavy atom. The molecule has 2 aromatic rings. The Bertz CT molecular complexity index is 608. The van der Waals surface area contributed by atoms with Crippen molar-refractivity contribution in [3.8, 4) is 5.69 Å². The van der Waals surface area contributed by atoms with Gasteiger partial charge in [0.2, 0.25) is 5.91 Å². The number of carbonyl (C=O) groups is 1. The van der Waals surface area contributed by atoms with Gasteiger partial charge in [0.05, 0.1) is 12.1 Å². The van der Waals surface area contributed by atoms with Gasteiger partial charge in [0.25, 0.3) is 0 Å². The molecule has 1 heterocycles. The molecule has 1 aromatic heterocycles. The van der Waals surface area contributed by atoms with Crippen LogP contribution in [-0.2, 0) is 11.2 Å². The lowest BCUT2D eigenvalue weighted by molar-refractivity contribution is -0.120. The average molecular weight is 317 g/mol. The molecule has 1 amide bonds. The Hall–Kier alpha value is -2.28. The van der Waals surface area contributed by atoms with Crippen molar-refractivity contribution in [2.24, 2.45) is 5.41 Å². The lowest BCUT2D eigenvalue weighted by Gasteiger charge is -2.21. The van der Waals surface area contributed by atoms with Gasteiger partial charge in [0, 0.05) is 13.2 Å². The van der Waals surface area contributed by atoms with Gasteiger partial charge in [-0.3, -0.25) is 4.79 Å². The average Bonchev–Trinajstić information content (AvgIpc) is 3.07. The summed E-state index contributed by atoms with van der Waals surface area (Å²) in [7, 11) is 0. The van der Waals surface area contributed by atoms with Crippen LogP contribution in [0.4, 0.5) is 0 Å². The third-order valence-corrected chi connectivity index (χ3v) is 3.70. The summed E-state index contributed by atoms with van der Waals surface area (Å²) in [6, 6.07) is 7.54. The SMILES string of the molecule is CC(C)(CO)CCCNC(=O)Cc1ccc(-n2cnnn2)cc1. The van der Waals surface area contributed by atoms with Crippen molar-refractivity contribution >= 4 is 5.91 Å². The summed E-state index contributed by atoms with van der Waals surface area (Å²) in [5.41, 5.74) is 1.71. The van der Waals surface area contributed by atoms with Gasteiger partial charge in [-0.1, -0.05) is 26.0 Å². The largest absolute Gasteiger partial charge is 0.396 e. The number of nitrogens with one attached hydrogen (secondary N) is 1. The van der Waals surface area contributed by atoms with Crippen LogP contribution in [0.2, 0.25) is 0 Å². The molecule has 0 aliphatic heterocycles. The zero-order valence-electron chi connectivity index (χ0n) is 13.6. The maximum atomic E-state index is 11.9. The molecule has 0 aliphatic rings. The number of rotatable bonds is 8. The van der Waals surface area contributed by atoms with Crippen LogP contribution in [0.5, 0.6) is 0 Å². The highest BCUT2D eigenvalue weighted by Gasteiger charge is 2.15. The second-order valence-electron chi connectivity index (χ2n) is 6.37. The van der Waals surface area contributed by atoms with Crippen molar-refractivity contribution in [2.75, 3.05) is 13.2 Å². The zero-order valence-corrected chi connectivity index (χ0v) is 13.6. The maximum absolute atomic E-state index is 11.9. The van der Waals surface area contributed by atoms with E-state index in [1.54, 1.807) is 4.68 Å². The maximum Gasteiger partial charge on any atom is 0.224 e. The highest BCUT2D eigenvalue weighted by Crippen LogP contribution is 2.20. The fraction of sp³-hybridized carbons (Fsp3) is 0.500. The van der Waals surface area contributed by atoms with Crippen LogP contribution in [0.25, 0.3) is 5.69 Å². The monoisotopic (exact) mass is 317 g/mol. The molecular weight excluding hydrogens is 294 g/mol. The van der Waals surface area contributed by atoms with E-state index in [9.17, 15) is 9.90 Å². The van der Waals surface area contributed by atoms with Crippen molar-refractivity contribution in [1.29, 1.82) is 0 Å². The minimum atomic E-state index is -0.0865. The van der Waals surface area contributed by atoms with Crippen LogP contribution in [-0.4, -0.2) is 44.4 Å². The van der Waals surface area contributed by atoms with Crippen molar-refractivity contribution in [2.45, 2.75) is 33.1 Å². The van der Waals surface area contributed by atoms with Crippen LogP contribution >= 0.6 is 0 Å². The fourth-order valence-electron chi connectivity index (χ4n) is 2.17. The number of aromatic nitrogens is 4. The van der Waals surface area contributed by atoms with Gasteiger partial charge in [-0.05, 0) is 46.4 Å². The first-order chi connectivity index (χ1) is 11.0. The highest BCUT2D eigenvalue weighted by atomic mass is 16.3. The third-order valence-electron chi connectivity index (χ3n) is 3.70. The molecule has 0 fully saturated rings. The predicted molar refractivity (Wildman–Crippen MR) is 86.0 cm³/mol. The van der Waals surface area contributed by atoms with Crippen LogP contribution in [0, 0.1) is 5.41 Å². The Balaban J connectivity index is 1.75. The Morgan fingerprint density at radius 3 is 2.65 bits per heavy atom. The normalized spacial score (nSPS) is 11.4. The number of benzene rings is 1. The van der Waals surface area contributed by atoms with Crippen molar-refractivity contribution < 1.29 is 9.90 Å². The van der Waals surface area contributed by atoms with Gasteiger partial charge in [-0.25, -0.2) is 4.68 Å². The molecule has 7 nitrogen and oxygen atoms in total. The van der Waals surface area contributed by atoms with Crippen LogP contribution in [0.1, 0.15) is 32.3 Å². The molecule has 0 saturated carbocycles. The van der Waals surface area contributed by atoms with Crippen molar-refractivity contribution in [3.05, 3.63) is 36.2 Å². The Labute approximate surface area is 135 Å². The Morgan fingerprint density at radius 2 is 2.04 bits per heavy atom. The van der Waals surface area contributed by atoms with Crippen LogP contribution in [0.15, 0.2) is 30.6 Å². The molecule has 2 rings (SSSR count). The molecule has 1 aromatic carbocycles. The molecule has 23 heavy (non-hydrogen) atoms. The number of amides is 1. The number of carbonyl (C=O) groups excluding carboxylic acids is 1. The molecular formula is C16H23N5O2. The number of nitrogens with zero attached hydrogens (tertiary/aromatic N) is 4. The fourth-order valence-corrected chi connectivity index (χ4v) is 2.17. The molecule has 0 spiro atoms. The molecule has 0 aliphatic carbocycles. The summed E-state index contributed by atoms with van der Waals surface area (Å²) in [5.74, 6) is 0.00183. The van der Waals surface area contributed by atoms with Crippen LogP contribution in [0.3, 0.4) is 0 Å². The summed E-state index contributed by atoms with van der Waals surface area (Å²) >= 11 is 0. The number of aliphatic hydroxyl groups excluding tert-OH is 1. The first kappa shape index (κ1) is 17.1. The quantitative estimate of drug-likeness (QED) is 0.712. The molecule has 0 radical (unpaired) electrons. The molecule has 0 bridgehead atoms. The molecule has 124 valence electrons. The number of tetrazole rings is 1. The lowest BCUT2D eigenvalue weighted by atomic mass is 9.89. The summed E-state index contributed by atoms with van der Waals surface area (Å²) < 4.78 is 1.56. The van der Waals surface area contributed by atoms with E-state index in [1.165, 1.54) is 6.33 Å². The smallest absolute Gasteiger partial charge is 0.224 e. The minimum Gasteiger partial charge on any atom is -0.396 e. The topological polar surface area (TPSA) is 92.9 Å². The second-order valence-corrected chi connectivity index (χ2v) is 6.37. The van der Waals surface area contributed by atoms with E-state index < -0.39 is 0 Å². The van der Waals surface area contributed by atoms with Crippen molar-refractivity contribution in [1.82, 2.24) is 25.5 Å². The van der Waals surface area contributed by atoms with Gasteiger partial charge in [-0.15, -0.1) is 5.10 Å². The van der Waals surface area contributed by atoms with Gasteiger partial charge in [0.1, 0.15) is 6.33 Å².